The highest BCUT2D eigenvalue weighted by molar-refractivity contribution is 5.81. The quantitative estimate of drug-likeness (QED) is 0.924. The topological polar surface area (TPSA) is 71.8 Å². The van der Waals surface area contributed by atoms with Crippen molar-refractivity contribution in [3.8, 4) is 0 Å². The van der Waals surface area contributed by atoms with E-state index in [0.29, 0.717) is 13.2 Å². The van der Waals surface area contributed by atoms with Gasteiger partial charge in [0.05, 0.1) is 0 Å². The molecule has 4 rings (SSSR count). The highest BCUT2D eigenvalue weighted by Crippen LogP contribution is 2.20. The lowest BCUT2D eigenvalue weighted by atomic mass is 10.1. The Kier molecular flexibility index (Phi) is 3.87. The average molecular weight is 315 g/mol. The maximum absolute atomic E-state index is 12.5. The summed E-state index contributed by atoms with van der Waals surface area (Å²) in [5, 5.41) is 7.89. The van der Waals surface area contributed by atoms with Crippen molar-refractivity contribution < 1.29 is 9.53 Å². The molecule has 0 radical (unpaired) electrons. The molecule has 2 aliphatic rings. The molecule has 0 bridgehead atoms. The lowest BCUT2D eigenvalue weighted by Gasteiger charge is -2.26. The first-order valence-electron chi connectivity index (χ1n) is 8.27. The van der Waals surface area contributed by atoms with Gasteiger partial charge >= 0.3 is 0 Å². The summed E-state index contributed by atoms with van der Waals surface area (Å²) in [6, 6.07) is 4.09. The van der Waals surface area contributed by atoms with Gasteiger partial charge in [-0.3, -0.25) is 4.79 Å². The Morgan fingerprint density at radius 1 is 1.30 bits per heavy atom. The lowest BCUT2D eigenvalue weighted by Crippen LogP contribution is -2.41. The number of likely N-dealkylation sites (tertiary alicyclic amines) is 1. The molecule has 0 saturated carbocycles. The van der Waals surface area contributed by atoms with Crippen LogP contribution in [0.5, 0.6) is 0 Å². The summed E-state index contributed by atoms with van der Waals surface area (Å²) in [4.78, 5) is 18.6. The number of hydrogen-bond acceptors (Lipinski definition) is 5. The molecule has 7 heteroatoms. The average Bonchev–Trinajstić information content (AvgIpc) is 3.24. The minimum Gasteiger partial charge on any atom is -0.368 e. The van der Waals surface area contributed by atoms with Gasteiger partial charge < -0.3 is 15.0 Å². The van der Waals surface area contributed by atoms with Crippen molar-refractivity contribution in [2.45, 2.75) is 37.8 Å². The summed E-state index contributed by atoms with van der Waals surface area (Å²) in [5.74, 6) is 0.954. The molecular formula is C16H21N5O2. The number of imidazole rings is 1. The van der Waals surface area contributed by atoms with Gasteiger partial charge in [0.25, 0.3) is 5.91 Å². The third-order valence-corrected chi connectivity index (χ3v) is 4.56. The molecule has 2 aromatic rings. The predicted molar refractivity (Wildman–Crippen MR) is 85.2 cm³/mol. The van der Waals surface area contributed by atoms with E-state index in [1.165, 1.54) is 0 Å². The fourth-order valence-corrected chi connectivity index (χ4v) is 3.32. The van der Waals surface area contributed by atoms with Crippen molar-refractivity contribution in [1.29, 1.82) is 0 Å². The second kappa shape index (κ2) is 6.16. The molecule has 2 saturated heterocycles. The number of ether oxygens (including phenoxy) is 1. The third-order valence-electron chi connectivity index (χ3n) is 4.56. The number of nitrogens with zero attached hydrogens (tertiary/aromatic N) is 4. The van der Waals surface area contributed by atoms with Gasteiger partial charge in [-0.1, -0.05) is 0 Å². The van der Waals surface area contributed by atoms with Gasteiger partial charge in [0, 0.05) is 38.1 Å². The zero-order valence-corrected chi connectivity index (χ0v) is 13.0. The summed E-state index contributed by atoms with van der Waals surface area (Å²) in [6.07, 6.45) is 7.26. The molecule has 1 amide bonds. The molecule has 0 spiro atoms. The molecule has 0 unspecified atom stereocenters. The van der Waals surface area contributed by atoms with E-state index in [1.807, 2.05) is 23.2 Å². The highest BCUT2D eigenvalue weighted by atomic mass is 16.5. The number of fused-ring (bicyclic) bond motifs is 1. The Bertz CT molecular complexity index is 695. The largest absolute Gasteiger partial charge is 0.368 e. The minimum atomic E-state index is -0.233. The van der Waals surface area contributed by atoms with Crippen LogP contribution in [0, 0.1) is 0 Å². The zero-order valence-electron chi connectivity index (χ0n) is 13.0. The molecule has 2 fully saturated rings. The first-order valence-corrected chi connectivity index (χ1v) is 8.27. The van der Waals surface area contributed by atoms with Crippen LogP contribution in [-0.2, 0) is 9.53 Å². The summed E-state index contributed by atoms with van der Waals surface area (Å²) < 4.78 is 7.36. The van der Waals surface area contributed by atoms with Gasteiger partial charge in [-0.05, 0) is 37.8 Å². The summed E-state index contributed by atoms with van der Waals surface area (Å²) in [5.41, 5.74) is 0.827. The molecule has 7 nitrogen and oxygen atoms in total. The number of nitrogens with one attached hydrogen (secondary N) is 1. The van der Waals surface area contributed by atoms with Crippen molar-refractivity contribution in [2.75, 3.05) is 25.0 Å². The Morgan fingerprint density at radius 2 is 2.26 bits per heavy atom. The van der Waals surface area contributed by atoms with Crippen molar-refractivity contribution in [2.24, 2.45) is 0 Å². The smallest absolute Gasteiger partial charge is 0.251 e. The number of hydrogen-bond donors (Lipinski definition) is 1. The Labute approximate surface area is 134 Å². The molecule has 0 aliphatic carbocycles. The minimum absolute atomic E-state index is 0.145. The molecule has 2 atom stereocenters. The van der Waals surface area contributed by atoms with E-state index < -0.39 is 0 Å². The van der Waals surface area contributed by atoms with Gasteiger partial charge in [-0.15, -0.1) is 5.10 Å². The van der Waals surface area contributed by atoms with Gasteiger partial charge in [-0.25, -0.2) is 9.50 Å². The zero-order chi connectivity index (χ0) is 15.6. The van der Waals surface area contributed by atoms with Gasteiger partial charge in [0.2, 0.25) is 0 Å². The summed E-state index contributed by atoms with van der Waals surface area (Å²) >= 11 is 0. The highest BCUT2D eigenvalue weighted by Gasteiger charge is 2.32. The van der Waals surface area contributed by atoms with Gasteiger partial charge in [0.1, 0.15) is 11.9 Å². The van der Waals surface area contributed by atoms with E-state index in [0.717, 1.165) is 43.7 Å². The monoisotopic (exact) mass is 315 g/mol. The van der Waals surface area contributed by atoms with Crippen LogP contribution in [0.15, 0.2) is 24.5 Å². The van der Waals surface area contributed by atoms with Crippen LogP contribution in [0.3, 0.4) is 0 Å². The predicted octanol–water partition coefficient (Wildman–Crippen LogP) is 1.31. The number of aromatic nitrogens is 3. The fraction of sp³-hybridized carbons (Fsp3) is 0.562. The van der Waals surface area contributed by atoms with E-state index in [-0.39, 0.29) is 18.1 Å². The third kappa shape index (κ3) is 3.01. The van der Waals surface area contributed by atoms with Crippen molar-refractivity contribution in [3.05, 3.63) is 24.5 Å². The van der Waals surface area contributed by atoms with Gasteiger partial charge in [0.15, 0.2) is 5.65 Å². The first-order chi connectivity index (χ1) is 11.3. The maximum atomic E-state index is 12.5. The standard InChI is InChI=1S/C16H21N5O2/c22-16(13-3-1-2-10-23-13)20-8-6-12(11-20)18-14-4-5-15-17-7-9-21(15)19-14/h4-5,7,9,12-13H,1-3,6,8,10-11H2,(H,18,19)/t12-,13+/m1/s1. The number of rotatable bonds is 3. The second-order valence-electron chi connectivity index (χ2n) is 6.22. The lowest BCUT2D eigenvalue weighted by molar-refractivity contribution is -0.145. The Hall–Kier alpha value is -2.15. The SMILES string of the molecule is O=C([C@@H]1CCCCO1)N1CC[C@@H](Nc2ccc3nccn3n2)C1. The van der Waals surface area contributed by atoms with Crippen LogP contribution < -0.4 is 5.32 Å². The van der Waals surface area contributed by atoms with Crippen LogP contribution in [-0.4, -0.2) is 57.2 Å². The van der Waals surface area contributed by atoms with Crippen LogP contribution in [0.25, 0.3) is 5.65 Å². The molecule has 122 valence electrons. The fourth-order valence-electron chi connectivity index (χ4n) is 3.32. The first kappa shape index (κ1) is 14.4. The number of amides is 1. The second-order valence-corrected chi connectivity index (χ2v) is 6.22. The summed E-state index contributed by atoms with van der Waals surface area (Å²) in [6.45, 7) is 2.20. The van der Waals surface area contributed by atoms with E-state index >= 15 is 0 Å². The normalized spacial score (nSPS) is 25.0. The molecule has 1 N–H and O–H groups in total. The van der Waals surface area contributed by atoms with E-state index in [4.69, 9.17) is 4.74 Å². The van der Waals surface area contributed by atoms with Crippen LogP contribution in [0.1, 0.15) is 25.7 Å². The Morgan fingerprint density at radius 3 is 3.13 bits per heavy atom. The van der Waals surface area contributed by atoms with E-state index in [9.17, 15) is 4.79 Å². The molecule has 4 heterocycles. The molecule has 2 aliphatic heterocycles. The molecular weight excluding hydrogens is 294 g/mol. The maximum Gasteiger partial charge on any atom is 0.251 e. The number of carbonyl (C=O) groups excluding carboxylic acids is 1. The van der Waals surface area contributed by atoms with E-state index in [1.54, 1.807) is 10.7 Å². The Balaban J connectivity index is 1.37. The molecule has 23 heavy (non-hydrogen) atoms. The van der Waals surface area contributed by atoms with Crippen molar-refractivity contribution in [1.82, 2.24) is 19.5 Å². The number of carbonyl (C=O) groups is 1. The number of anilines is 1. The van der Waals surface area contributed by atoms with Crippen molar-refractivity contribution in [3.63, 3.8) is 0 Å². The summed E-state index contributed by atoms with van der Waals surface area (Å²) in [7, 11) is 0. The van der Waals surface area contributed by atoms with Crippen LogP contribution >= 0.6 is 0 Å². The molecule has 0 aromatic carbocycles. The van der Waals surface area contributed by atoms with Gasteiger partial charge in [-0.2, -0.15) is 0 Å². The van der Waals surface area contributed by atoms with Crippen LogP contribution in [0.4, 0.5) is 5.82 Å². The van der Waals surface area contributed by atoms with Crippen LogP contribution in [0.2, 0.25) is 0 Å². The molecule has 2 aromatic heterocycles. The van der Waals surface area contributed by atoms with E-state index in [2.05, 4.69) is 15.4 Å². The van der Waals surface area contributed by atoms with Crippen molar-refractivity contribution >= 4 is 17.4 Å².